The number of fused-ring (bicyclic) bond motifs is 1. The van der Waals surface area contributed by atoms with Gasteiger partial charge in [0, 0.05) is 10.6 Å². The number of rotatable bonds is 2. The minimum Gasteiger partial charge on any atom is -0.331 e. The number of nitrogens with one attached hydrogen (secondary N) is 2. The SMILES string of the molecule is O=C(Nc1ccccc1F)N[C@H]1CCSc2ccccc21. The van der Waals surface area contributed by atoms with Crippen molar-refractivity contribution in [3.8, 4) is 0 Å². The molecule has 3 nitrogen and oxygen atoms in total. The molecule has 1 atom stereocenters. The number of hydrogen-bond acceptors (Lipinski definition) is 2. The van der Waals surface area contributed by atoms with Crippen molar-refractivity contribution in [1.82, 2.24) is 5.32 Å². The van der Waals surface area contributed by atoms with Crippen molar-refractivity contribution < 1.29 is 9.18 Å². The predicted octanol–water partition coefficient (Wildman–Crippen LogP) is 4.18. The van der Waals surface area contributed by atoms with Gasteiger partial charge in [-0.3, -0.25) is 0 Å². The largest absolute Gasteiger partial charge is 0.331 e. The van der Waals surface area contributed by atoms with Gasteiger partial charge in [0.15, 0.2) is 0 Å². The number of carbonyl (C=O) groups is 1. The van der Waals surface area contributed by atoms with E-state index in [0.29, 0.717) is 0 Å². The normalized spacial score (nSPS) is 16.9. The summed E-state index contributed by atoms with van der Waals surface area (Å²) in [7, 11) is 0. The van der Waals surface area contributed by atoms with Crippen molar-refractivity contribution >= 4 is 23.5 Å². The van der Waals surface area contributed by atoms with Gasteiger partial charge >= 0.3 is 6.03 Å². The third-order valence-corrected chi connectivity index (χ3v) is 4.51. The zero-order valence-corrected chi connectivity index (χ0v) is 12.1. The van der Waals surface area contributed by atoms with Crippen LogP contribution >= 0.6 is 11.8 Å². The molecule has 2 aromatic rings. The zero-order chi connectivity index (χ0) is 14.7. The van der Waals surface area contributed by atoms with Crippen LogP contribution < -0.4 is 10.6 Å². The molecule has 2 aromatic carbocycles. The molecule has 0 spiro atoms. The second-order valence-corrected chi connectivity index (χ2v) is 5.94. The molecule has 0 bridgehead atoms. The van der Waals surface area contributed by atoms with Crippen molar-refractivity contribution in [2.24, 2.45) is 0 Å². The van der Waals surface area contributed by atoms with E-state index in [0.717, 1.165) is 17.7 Å². The van der Waals surface area contributed by atoms with Gasteiger partial charge in [-0.2, -0.15) is 0 Å². The summed E-state index contributed by atoms with van der Waals surface area (Å²) in [6.07, 6.45) is 0.867. The second kappa shape index (κ2) is 6.18. The smallest absolute Gasteiger partial charge is 0.319 e. The van der Waals surface area contributed by atoms with Gasteiger partial charge in [0.25, 0.3) is 0 Å². The molecule has 108 valence electrons. The average Bonchev–Trinajstić information content (AvgIpc) is 2.50. The van der Waals surface area contributed by atoms with Crippen LogP contribution in [-0.4, -0.2) is 11.8 Å². The van der Waals surface area contributed by atoms with Crippen molar-refractivity contribution in [2.45, 2.75) is 17.4 Å². The van der Waals surface area contributed by atoms with Crippen LogP contribution in [0.5, 0.6) is 0 Å². The molecule has 2 N–H and O–H groups in total. The third kappa shape index (κ3) is 3.19. The molecule has 0 aliphatic carbocycles. The van der Waals surface area contributed by atoms with Crippen molar-refractivity contribution in [3.05, 3.63) is 59.9 Å². The molecule has 0 radical (unpaired) electrons. The van der Waals surface area contributed by atoms with E-state index in [-0.39, 0.29) is 17.8 Å². The Morgan fingerprint density at radius 2 is 1.90 bits per heavy atom. The summed E-state index contributed by atoms with van der Waals surface area (Å²) in [5.74, 6) is 0.522. The molecule has 1 aliphatic heterocycles. The van der Waals surface area contributed by atoms with Crippen molar-refractivity contribution in [2.75, 3.05) is 11.1 Å². The number of carbonyl (C=O) groups excluding carboxylic acids is 1. The number of halogens is 1. The first-order valence-electron chi connectivity index (χ1n) is 6.78. The maximum Gasteiger partial charge on any atom is 0.319 e. The molecule has 2 amide bonds. The van der Waals surface area contributed by atoms with Crippen LogP contribution in [-0.2, 0) is 0 Å². The minimum absolute atomic E-state index is 0.0331. The predicted molar refractivity (Wildman–Crippen MR) is 83.1 cm³/mol. The van der Waals surface area contributed by atoms with Crippen LogP contribution in [0.4, 0.5) is 14.9 Å². The van der Waals surface area contributed by atoms with Crippen LogP contribution in [0.1, 0.15) is 18.0 Å². The lowest BCUT2D eigenvalue weighted by molar-refractivity contribution is 0.248. The standard InChI is InChI=1S/C16H15FN2OS/c17-12-6-2-3-7-14(12)19-16(20)18-13-9-10-21-15-8-4-1-5-11(13)15/h1-8,13H,9-10H2,(H2,18,19,20)/t13-/m0/s1. The average molecular weight is 302 g/mol. The van der Waals surface area contributed by atoms with Crippen LogP contribution in [0, 0.1) is 5.82 Å². The van der Waals surface area contributed by atoms with Crippen LogP contribution in [0.15, 0.2) is 53.4 Å². The quantitative estimate of drug-likeness (QED) is 0.873. The third-order valence-electron chi connectivity index (χ3n) is 3.39. The molecule has 0 aromatic heterocycles. The van der Waals surface area contributed by atoms with Gasteiger partial charge < -0.3 is 10.6 Å². The highest BCUT2D eigenvalue weighted by atomic mass is 32.2. The van der Waals surface area contributed by atoms with Crippen LogP contribution in [0.2, 0.25) is 0 Å². The highest BCUT2D eigenvalue weighted by molar-refractivity contribution is 7.99. The summed E-state index contributed by atoms with van der Waals surface area (Å²) in [6.45, 7) is 0. The van der Waals surface area contributed by atoms with E-state index in [1.165, 1.54) is 11.0 Å². The Hall–Kier alpha value is -2.01. The lowest BCUT2D eigenvalue weighted by Gasteiger charge is -2.25. The number of urea groups is 1. The number of anilines is 1. The number of hydrogen-bond donors (Lipinski definition) is 2. The lowest BCUT2D eigenvalue weighted by atomic mass is 10.0. The van der Waals surface area contributed by atoms with Crippen molar-refractivity contribution in [3.63, 3.8) is 0 Å². The molecule has 21 heavy (non-hydrogen) atoms. The summed E-state index contributed by atoms with van der Waals surface area (Å²) in [6, 6.07) is 13.8. The van der Waals surface area contributed by atoms with Crippen LogP contribution in [0.25, 0.3) is 0 Å². The van der Waals surface area contributed by atoms with Gasteiger partial charge in [-0.25, -0.2) is 9.18 Å². The zero-order valence-electron chi connectivity index (χ0n) is 11.3. The number of benzene rings is 2. The minimum atomic E-state index is -0.438. The maximum atomic E-state index is 13.5. The first kappa shape index (κ1) is 13.9. The summed E-state index contributed by atoms with van der Waals surface area (Å²) in [5.41, 5.74) is 1.31. The van der Waals surface area contributed by atoms with Gasteiger partial charge in [-0.05, 0) is 30.2 Å². The molecule has 1 heterocycles. The van der Waals surface area contributed by atoms with Crippen LogP contribution in [0.3, 0.4) is 0 Å². The summed E-state index contributed by atoms with van der Waals surface area (Å²) < 4.78 is 13.5. The fourth-order valence-corrected chi connectivity index (χ4v) is 3.50. The Labute approximate surface area is 126 Å². The molecule has 0 fully saturated rings. The summed E-state index contributed by atoms with van der Waals surface area (Å²) in [5, 5.41) is 5.48. The molecular weight excluding hydrogens is 287 g/mol. The van der Waals surface area contributed by atoms with E-state index in [1.807, 2.05) is 18.2 Å². The molecular formula is C16H15FN2OS. The lowest BCUT2D eigenvalue weighted by Crippen LogP contribution is -2.34. The van der Waals surface area contributed by atoms with Gasteiger partial charge in [-0.1, -0.05) is 30.3 Å². The van der Waals surface area contributed by atoms with Gasteiger partial charge in [0.2, 0.25) is 0 Å². The van der Waals surface area contributed by atoms with Crippen molar-refractivity contribution in [1.29, 1.82) is 0 Å². The van der Waals surface area contributed by atoms with E-state index >= 15 is 0 Å². The van der Waals surface area contributed by atoms with Gasteiger partial charge in [0.1, 0.15) is 5.82 Å². The topological polar surface area (TPSA) is 41.1 Å². The molecule has 5 heteroatoms. The second-order valence-electron chi connectivity index (χ2n) is 4.81. The fraction of sp³-hybridized carbons (Fsp3) is 0.188. The number of thioether (sulfide) groups is 1. The molecule has 3 rings (SSSR count). The summed E-state index contributed by atoms with van der Waals surface area (Å²) in [4.78, 5) is 13.2. The van der Waals surface area contributed by atoms with E-state index in [2.05, 4.69) is 16.7 Å². The Morgan fingerprint density at radius 1 is 1.14 bits per heavy atom. The van der Waals surface area contributed by atoms with E-state index < -0.39 is 5.82 Å². The fourth-order valence-electron chi connectivity index (χ4n) is 2.37. The number of amides is 2. The Morgan fingerprint density at radius 3 is 2.76 bits per heavy atom. The summed E-state index contributed by atoms with van der Waals surface area (Å²) >= 11 is 1.79. The molecule has 1 aliphatic rings. The van der Waals surface area contributed by atoms with E-state index in [1.54, 1.807) is 30.0 Å². The molecule has 0 saturated heterocycles. The first-order chi connectivity index (χ1) is 10.2. The highest BCUT2D eigenvalue weighted by Crippen LogP contribution is 2.35. The molecule has 0 unspecified atom stereocenters. The van der Waals surface area contributed by atoms with Gasteiger partial charge in [0.05, 0.1) is 11.7 Å². The first-order valence-corrected chi connectivity index (χ1v) is 7.76. The maximum absolute atomic E-state index is 13.5. The Kier molecular flexibility index (Phi) is 4.10. The number of para-hydroxylation sites is 1. The highest BCUT2D eigenvalue weighted by Gasteiger charge is 2.22. The molecule has 0 saturated carbocycles. The van der Waals surface area contributed by atoms with Gasteiger partial charge in [-0.15, -0.1) is 11.8 Å². The van der Waals surface area contributed by atoms with E-state index in [4.69, 9.17) is 0 Å². The Balaban J connectivity index is 1.70. The monoisotopic (exact) mass is 302 g/mol. The Bertz CT molecular complexity index is 662. The van der Waals surface area contributed by atoms with E-state index in [9.17, 15) is 9.18 Å².